The average Bonchev–Trinajstić information content (AvgIpc) is 2.76. The molecule has 2 N–H and O–H groups in total. The van der Waals surface area contributed by atoms with E-state index in [0.717, 1.165) is 0 Å². The van der Waals surface area contributed by atoms with Crippen molar-refractivity contribution in [1.29, 1.82) is 0 Å². The van der Waals surface area contributed by atoms with Crippen molar-refractivity contribution in [2.45, 2.75) is 17.2 Å². The van der Waals surface area contributed by atoms with E-state index in [4.69, 9.17) is 10.5 Å². The maximum absolute atomic E-state index is 11.6. The van der Waals surface area contributed by atoms with Gasteiger partial charge in [0.05, 0.1) is 18.3 Å². The van der Waals surface area contributed by atoms with Gasteiger partial charge in [0.1, 0.15) is 0 Å². The molecule has 0 aromatic heterocycles. The van der Waals surface area contributed by atoms with Gasteiger partial charge in [0.25, 0.3) is 0 Å². The number of benzene rings is 3. The minimum atomic E-state index is -0.419. The fourth-order valence-corrected chi connectivity index (χ4v) is 4.85. The number of carbonyl (C=O) groups is 1. The van der Waals surface area contributed by atoms with E-state index in [2.05, 4.69) is 72.8 Å². The highest BCUT2D eigenvalue weighted by Crippen LogP contribution is 2.48. The summed E-state index contributed by atoms with van der Waals surface area (Å²) in [4.78, 5) is 11.6. The first kappa shape index (κ1) is 20.2. The molecule has 0 heterocycles. The first-order valence-corrected chi connectivity index (χ1v) is 10.3. The normalized spacial score (nSPS) is 12.4. The van der Waals surface area contributed by atoms with Crippen LogP contribution in [0.5, 0.6) is 0 Å². The van der Waals surface area contributed by atoms with Gasteiger partial charge in [-0.1, -0.05) is 91.0 Å². The van der Waals surface area contributed by atoms with Gasteiger partial charge in [-0.25, -0.2) is 0 Å². The van der Waals surface area contributed by atoms with E-state index >= 15 is 0 Å². The molecule has 0 saturated carbocycles. The lowest BCUT2D eigenvalue weighted by Crippen LogP contribution is -2.32. The largest absolute Gasteiger partial charge is 0.469 e. The molecule has 1 unspecified atom stereocenters. The van der Waals surface area contributed by atoms with Crippen LogP contribution in [-0.2, 0) is 14.3 Å². The highest BCUT2D eigenvalue weighted by atomic mass is 32.2. The Kier molecular flexibility index (Phi) is 6.90. The molecule has 3 nitrogen and oxygen atoms in total. The zero-order valence-corrected chi connectivity index (χ0v) is 16.8. The molecule has 0 saturated heterocycles. The molecule has 3 rings (SSSR count). The maximum Gasteiger partial charge on any atom is 0.307 e. The van der Waals surface area contributed by atoms with Crippen molar-refractivity contribution in [1.82, 2.24) is 0 Å². The molecule has 0 aliphatic rings. The summed E-state index contributed by atoms with van der Waals surface area (Å²) < 4.78 is 4.36. The zero-order chi connectivity index (χ0) is 19.8. The van der Waals surface area contributed by atoms with Crippen LogP contribution in [0, 0.1) is 0 Å². The smallest absolute Gasteiger partial charge is 0.307 e. The lowest BCUT2D eigenvalue weighted by atomic mass is 9.84. The second-order valence-corrected chi connectivity index (χ2v) is 7.86. The summed E-state index contributed by atoms with van der Waals surface area (Å²) in [5.41, 5.74) is 9.82. The number of methoxy groups -OCH3 is 1. The van der Waals surface area contributed by atoms with Crippen LogP contribution in [0.2, 0.25) is 0 Å². The summed E-state index contributed by atoms with van der Waals surface area (Å²) in [5, 5.41) is 0. The number of carbonyl (C=O) groups excluding carboxylic acids is 1. The molecule has 1 atom stereocenters. The van der Waals surface area contributed by atoms with E-state index in [-0.39, 0.29) is 18.4 Å². The van der Waals surface area contributed by atoms with Crippen molar-refractivity contribution < 1.29 is 9.53 Å². The van der Waals surface area contributed by atoms with Crippen LogP contribution >= 0.6 is 11.8 Å². The van der Waals surface area contributed by atoms with Crippen LogP contribution in [0.4, 0.5) is 0 Å². The zero-order valence-electron chi connectivity index (χ0n) is 16.0. The lowest BCUT2D eigenvalue weighted by Gasteiger charge is -2.36. The topological polar surface area (TPSA) is 52.3 Å². The third kappa shape index (κ3) is 4.46. The third-order valence-corrected chi connectivity index (χ3v) is 6.45. The van der Waals surface area contributed by atoms with Crippen LogP contribution in [0.25, 0.3) is 0 Å². The maximum atomic E-state index is 11.6. The van der Waals surface area contributed by atoms with Crippen molar-refractivity contribution in [2.75, 3.05) is 12.9 Å². The predicted molar refractivity (Wildman–Crippen MR) is 116 cm³/mol. The summed E-state index contributed by atoms with van der Waals surface area (Å²) in [6.07, 6.45) is 0.206. The SMILES string of the molecule is COC(=O)CC(N)CSC(c1ccccc1)(c1ccccc1)c1ccccc1. The van der Waals surface area contributed by atoms with Gasteiger partial charge in [-0.3, -0.25) is 4.79 Å². The lowest BCUT2D eigenvalue weighted by molar-refractivity contribution is -0.140. The Labute approximate surface area is 170 Å². The van der Waals surface area contributed by atoms with Crippen LogP contribution < -0.4 is 5.73 Å². The molecule has 0 aliphatic carbocycles. The summed E-state index contributed by atoms with van der Waals surface area (Å²) in [6, 6.07) is 31.1. The van der Waals surface area contributed by atoms with Crippen LogP contribution in [0.1, 0.15) is 23.1 Å². The van der Waals surface area contributed by atoms with Crippen LogP contribution in [-0.4, -0.2) is 24.9 Å². The van der Waals surface area contributed by atoms with E-state index in [9.17, 15) is 4.79 Å². The monoisotopic (exact) mass is 391 g/mol. The molecule has 3 aromatic rings. The van der Waals surface area contributed by atoms with Crippen LogP contribution in [0.3, 0.4) is 0 Å². The average molecular weight is 392 g/mol. The summed E-state index contributed by atoms with van der Waals surface area (Å²) in [7, 11) is 1.39. The summed E-state index contributed by atoms with van der Waals surface area (Å²) in [5.74, 6) is 0.339. The molecule has 0 bridgehead atoms. The molecule has 0 radical (unpaired) electrons. The molecule has 0 amide bonds. The number of hydrogen-bond acceptors (Lipinski definition) is 4. The summed E-state index contributed by atoms with van der Waals surface area (Å²) >= 11 is 1.76. The van der Waals surface area contributed by atoms with Gasteiger partial charge < -0.3 is 10.5 Å². The molecule has 0 spiro atoms. The van der Waals surface area contributed by atoms with Crippen molar-refractivity contribution >= 4 is 17.7 Å². The quantitative estimate of drug-likeness (QED) is 0.450. The highest BCUT2D eigenvalue weighted by molar-refractivity contribution is 8.00. The van der Waals surface area contributed by atoms with Crippen molar-refractivity contribution in [2.24, 2.45) is 5.73 Å². The number of thioether (sulfide) groups is 1. The fraction of sp³-hybridized carbons (Fsp3) is 0.208. The summed E-state index contributed by atoms with van der Waals surface area (Å²) in [6.45, 7) is 0. The third-order valence-electron chi connectivity index (χ3n) is 4.71. The Morgan fingerprint density at radius 3 is 1.61 bits per heavy atom. The van der Waals surface area contributed by atoms with Gasteiger partial charge in [-0.2, -0.15) is 0 Å². The Bertz CT molecular complexity index is 772. The number of esters is 1. The van der Waals surface area contributed by atoms with Crippen molar-refractivity contribution in [3.63, 3.8) is 0 Å². The van der Waals surface area contributed by atoms with Gasteiger partial charge in [0, 0.05) is 11.8 Å². The molecule has 0 aliphatic heterocycles. The number of ether oxygens (including phenoxy) is 1. The Balaban J connectivity index is 2.07. The van der Waals surface area contributed by atoms with Gasteiger partial charge in [0.15, 0.2) is 0 Å². The van der Waals surface area contributed by atoms with Crippen LogP contribution in [0.15, 0.2) is 91.0 Å². The predicted octanol–water partition coefficient (Wildman–Crippen LogP) is 4.60. The second kappa shape index (κ2) is 9.58. The number of rotatable bonds is 8. The minimum absolute atomic E-state index is 0.206. The standard InChI is InChI=1S/C24H25NO2S/c1-27-23(26)17-22(25)18-28-24(19-11-5-2-6-12-19,20-13-7-3-8-14-20)21-15-9-4-10-16-21/h2-16,22H,17-18,25H2,1H3. The Hall–Kier alpha value is -2.56. The van der Waals surface area contributed by atoms with Gasteiger partial charge >= 0.3 is 5.97 Å². The molecule has 4 heteroatoms. The molecule has 144 valence electrons. The second-order valence-electron chi connectivity index (χ2n) is 6.63. The first-order valence-electron chi connectivity index (χ1n) is 9.29. The number of nitrogens with two attached hydrogens (primary N) is 1. The Morgan fingerprint density at radius 2 is 1.25 bits per heavy atom. The van der Waals surface area contributed by atoms with E-state index in [0.29, 0.717) is 5.75 Å². The van der Waals surface area contributed by atoms with Gasteiger partial charge in [-0.15, -0.1) is 11.8 Å². The molecular formula is C24H25NO2S. The molecular weight excluding hydrogens is 366 g/mol. The van der Waals surface area contributed by atoms with E-state index in [1.54, 1.807) is 11.8 Å². The van der Waals surface area contributed by atoms with Gasteiger partial charge in [0.2, 0.25) is 0 Å². The first-order chi connectivity index (χ1) is 13.7. The fourth-order valence-electron chi connectivity index (χ4n) is 3.36. The van der Waals surface area contributed by atoms with Crippen molar-refractivity contribution in [3.8, 4) is 0 Å². The molecule has 0 fully saturated rings. The molecule has 3 aromatic carbocycles. The number of hydrogen-bond donors (Lipinski definition) is 1. The minimum Gasteiger partial charge on any atom is -0.469 e. The van der Waals surface area contributed by atoms with E-state index < -0.39 is 4.75 Å². The van der Waals surface area contributed by atoms with E-state index in [1.165, 1.54) is 23.8 Å². The highest BCUT2D eigenvalue weighted by Gasteiger charge is 2.37. The molecule has 28 heavy (non-hydrogen) atoms. The van der Waals surface area contributed by atoms with Crippen molar-refractivity contribution in [3.05, 3.63) is 108 Å². The van der Waals surface area contributed by atoms with Gasteiger partial charge in [-0.05, 0) is 16.7 Å². The van der Waals surface area contributed by atoms with E-state index in [1.807, 2.05) is 18.2 Å². The Morgan fingerprint density at radius 1 is 0.857 bits per heavy atom.